The third-order valence-corrected chi connectivity index (χ3v) is 13.0. The van der Waals surface area contributed by atoms with Gasteiger partial charge in [-0.3, -0.25) is 0 Å². The van der Waals surface area contributed by atoms with Crippen molar-refractivity contribution in [2.45, 2.75) is 83.7 Å². The average Bonchev–Trinajstić information content (AvgIpc) is 2.49. The van der Waals surface area contributed by atoms with Gasteiger partial charge in [0.15, 0.2) is 16.6 Å². The molecule has 0 bridgehead atoms. The van der Waals surface area contributed by atoms with Gasteiger partial charge in [-0.2, -0.15) is 0 Å². The predicted molar refractivity (Wildman–Crippen MR) is 116 cm³/mol. The Hall–Kier alpha value is -0.339. The van der Waals surface area contributed by atoms with Gasteiger partial charge in [-0.25, -0.2) is 4.79 Å². The third kappa shape index (κ3) is 12.0. The van der Waals surface area contributed by atoms with Crippen molar-refractivity contribution in [1.82, 2.24) is 0 Å². The maximum atomic E-state index is 10.5. The quantitative estimate of drug-likeness (QED) is 0.304. The normalized spacial score (nSPS) is 16.8. The fraction of sp³-hybridized carbons (Fsp3) is 0.824. The molecule has 0 aromatic heterocycles. The second-order valence-electron chi connectivity index (χ2n) is 8.93. The number of carboxylic acids is 1. The summed E-state index contributed by atoms with van der Waals surface area (Å²) in [4.78, 5) is 9.60. The van der Waals surface area contributed by atoms with Crippen molar-refractivity contribution in [3.05, 3.63) is 12.2 Å². The Kier molecular flexibility index (Phi) is 12.4. The van der Waals surface area contributed by atoms with Crippen LogP contribution in [-0.4, -0.2) is 71.1 Å². The number of hydrogen-bond acceptors (Lipinski definition) is 6. The molecule has 0 aliphatic heterocycles. The molecule has 27 heavy (non-hydrogen) atoms. The molecule has 162 valence electrons. The minimum Gasteiger partial charge on any atom is -0.478 e. The number of aliphatic hydroxyl groups is 3. The first-order valence-electron chi connectivity index (χ1n) is 9.12. The van der Waals surface area contributed by atoms with Gasteiger partial charge in [0.2, 0.25) is 0 Å². The Labute approximate surface area is 168 Å². The van der Waals surface area contributed by atoms with Crippen molar-refractivity contribution < 1.29 is 33.5 Å². The maximum absolute atomic E-state index is 10.5. The van der Waals surface area contributed by atoms with Crippen LogP contribution in [0.4, 0.5) is 0 Å². The van der Waals surface area contributed by atoms with Gasteiger partial charge in [0.05, 0.1) is 12.7 Å². The molecule has 10 heteroatoms. The van der Waals surface area contributed by atoms with E-state index in [-0.39, 0.29) is 5.57 Å². The summed E-state index contributed by atoms with van der Waals surface area (Å²) in [5.74, 6) is -0.935. The molecule has 0 aliphatic carbocycles. The minimum absolute atomic E-state index is 0.176. The van der Waals surface area contributed by atoms with E-state index in [1.165, 1.54) is 6.92 Å². The van der Waals surface area contributed by atoms with Crippen LogP contribution in [0.3, 0.4) is 0 Å². The minimum atomic E-state index is -2.24. The summed E-state index contributed by atoms with van der Waals surface area (Å²) in [5, 5.41) is 36.8. The molecular formula is C17H40O7Si3. The lowest BCUT2D eigenvalue weighted by molar-refractivity contribution is -0.132. The van der Waals surface area contributed by atoms with Crippen molar-refractivity contribution in [2.75, 3.05) is 6.61 Å². The van der Waals surface area contributed by atoms with Gasteiger partial charge in [0.25, 0.3) is 0 Å². The number of rotatable bonds is 10. The van der Waals surface area contributed by atoms with Crippen molar-refractivity contribution in [1.29, 1.82) is 0 Å². The highest BCUT2D eigenvalue weighted by Crippen LogP contribution is 2.42. The summed E-state index contributed by atoms with van der Waals surface area (Å²) < 4.78 is 12.6. The van der Waals surface area contributed by atoms with E-state index in [1.54, 1.807) is 0 Å². The maximum Gasteiger partial charge on any atom is 0.330 e. The Morgan fingerprint density at radius 1 is 1.11 bits per heavy atom. The molecule has 0 saturated heterocycles. The van der Waals surface area contributed by atoms with E-state index in [0.717, 1.165) is 0 Å². The van der Waals surface area contributed by atoms with Crippen LogP contribution < -0.4 is 0 Å². The number of aliphatic carboxylic acids is 1. The monoisotopic (exact) mass is 440 g/mol. The summed E-state index contributed by atoms with van der Waals surface area (Å²) in [6, 6.07) is 0. The zero-order valence-corrected chi connectivity index (χ0v) is 21.5. The van der Waals surface area contributed by atoms with Crippen molar-refractivity contribution in [3.8, 4) is 0 Å². The van der Waals surface area contributed by atoms with Crippen LogP contribution in [0, 0.1) is 0 Å². The topological polar surface area (TPSA) is 116 Å². The number of carbonyl (C=O) groups is 1. The Balaban J connectivity index is 0. The fourth-order valence-electron chi connectivity index (χ4n) is 1.99. The summed E-state index contributed by atoms with van der Waals surface area (Å²) in [7, 11) is -5.91. The highest BCUT2D eigenvalue weighted by atomic mass is 28.4. The molecule has 0 rings (SSSR count). The molecule has 3 unspecified atom stereocenters. The molecule has 0 radical (unpaired) electrons. The Morgan fingerprint density at radius 3 is 1.63 bits per heavy atom. The molecule has 0 fully saturated rings. The first-order chi connectivity index (χ1) is 11.9. The van der Waals surface area contributed by atoms with Crippen LogP contribution in [0.1, 0.15) is 27.2 Å². The van der Waals surface area contributed by atoms with Gasteiger partial charge in [-0.05, 0) is 52.6 Å². The predicted octanol–water partition coefficient (Wildman–Crippen LogP) is 2.44. The van der Waals surface area contributed by atoms with E-state index in [2.05, 4.69) is 45.9 Å². The molecule has 0 heterocycles. The van der Waals surface area contributed by atoms with Crippen LogP contribution in [0.15, 0.2) is 12.2 Å². The molecule has 0 aromatic rings. The van der Waals surface area contributed by atoms with Gasteiger partial charge in [0.1, 0.15) is 6.10 Å². The molecule has 0 spiro atoms. The van der Waals surface area contributed by atoms with E-state index in [1.807, 2.05) is 13.8 Å². The van der Waals surface area contributed by atoms with Crippen LogP contribution in [0.25, 0.3) is 0 Å². The van der Waals surface area contributed by atoms with Crippen molar-refractivity contribution in [3.63, 3.8) is 0 Å². The summed E-state index contributed by atoms with van der Waals surface area (Å²) in [5.41, 5.74) is 0.176. The van der Waals surface area contributed by atoms with Gasteiger partial charge in [0, 0.05) is 10.6 Å². The SMILES string of the molecule is C=C(C)C(=O)O.CCC(C)(C(O)C(O)CO)[SiH](O[Si](C)(C)C)O[Si](C)(C)C. The fourth-order valence-corrected chi connectivity index (χ4v) is 10.7. The molecular weight excluding hydrogens is 400 g/mol. The van der Waals surface area contributed by atoms with Crippen LogP contribution >= 0.6 is 0 Å². The van der Waals surface area contributed by atoms with E-state index in [4.69, 9.17) is 18.4 Å². The summed E-state index contributed by atoms with van der Waals surface area (Å²) in [6.07, 6.45) is -1.57. The highest BCUT2D eigenvalue weighted by Gasteiger charge is 2.49. The molecule has 4 N–H and O–H groups in total. The number of carboxylic acid groups (broad SMARTS) is 1. The third-order valence-electron chi connectivity index (χ3n) is 3.81. The standard InChI is InChI=1S/C13H34O5Si3.C4H6O2/c1-9-13(2,12(16)11(15)10-14)19(17-20(3,4)5)18-21(6,7)8;1-3(2)4(5)6/h11-12,14-16,19H,9-10H2,1-8H3;1H2,2H3,(H,5,6). The first kappa shape index (κ1) is 28.9. The molecule has 7 nitrogen and oxygen atoms in total. The first-order valence-corrected chi connectivity index (χ1v) is 17.5. The lowest BCUT2D eigenvalue weighted by Crippen LogP contribution is -2.55. The molecule has 0 aromatic carbocycles. The molecule has 0 amide bonds. The number of hydrogen-bond donors (Lipinski definition) is 4. The van der Waals surface area contributed by atoms with Gasteiger partial charge in [-0.15, -0.1) is 0 Å². The Bertz CT molecular complexity index is 446. The summed E-state index contributed by atoms with van der Waals surface area (Å²) in [6.45, 7) is 20.6. The van der Waals surface area contributed by atoms with Crippen LogP contribution in [-0.2, 0) is 13.0 Å². The highest BCUT2D eigenvalue weighted by molar-refractivity contribution is 6.81. The Morgan fingerprint density at radius 2 is 1.44 bits per heavy atom. The van der Waals surface area contributed by atoms with Crippen molar-refractivity contribution >= 4 is 31.9 Å². The zero-order chi connectivity index (χ0) is 22.2. The second kappa shape index (κ2) is 11.6. The van der Waals surface area contributed by atoms with Gasteiger partial charge < -0.3 is 28.7 Å². The lowest BCUT2D eigenvalue weighted by Gasteiger charge is -2.44. The van der Waals surface area contributed by atoms with E-state index in [9.17, 15) is 15.0 Å². The largest absolute Gasteiger partial charge is 0.478 e. The van der Waals surface area contributed by atoms with E-state index < -0.39 is 55.7 Å². The lowest BCUT2D eigenvalue weighted by atomic mass is 9.96. The van der Waals surface area contributed by atoms with E-state index >= 15 is 0 Å². The van der Waals surface area contributed by atoms with Gasteiger partial charge in [-0.1, -0.05) is 20.4 Å². The van der Waals surface area contributed by atoms with Crippen molar-refractivity contribution in [2.24, 2.45) is 0 Å². The second-order valence-corrected chi connectivity index (χ2v) is 21.2. The van der Waals surface area contributed by atoms with E-state index in [0.29, 0.717) is 6.42 Å². The van der Waals surface area contributed by atoms with Gasteiger partial charge >= 0.3 is 15.3 Å². The zero-order valence-electron chi connectivity index (χ0n) is 18.4. The molecule has 0 saturated carbocycles. The van der Waals surface area contributed by atoms with Crippen LogP contribution in [0.5, 0.6) is 0 Å². The average molecular weight is 441 g/mol. The smallest absolute Gasteiger partial charge is 0.330 e. The summed E-state index contributed by atoms with van der Waals surface area (Å²) >= 11 is 0. The molecule has 0 aliphatic rings. The molecule has 3 atom stereocenters. The number of aliphatic hydroxyl groups excluding tert-OH is 3. The van der Waals surface area contributed by atoms with Crippen LogP contribution in [0.2, 0.25) is 44.3 Å².